The van der Waals surface area contributed by atoms with Crippen LogP contribution in [0.5, 0.6) is 0 Å². The van der Waals surface area contributed by atoms with Crippen molar-refractivity contribution in [2.75, 3.05) is 0 Å². The predicted molar refractivity (Wildman–Crippen MR) is 88.7 cm³/mol. The van der Waals surface area contributed by atoms with Crippen LogP contribution in [0.4, 0.5) is 0 Å². The van der Waals surface area contributed by atoms with E-state index in [1.807, 2.05) is 6.07 Å². The number of aromatic amines is 1. The minimum atomic E-state index is 0.860. The molecule has 0 aliphatic carbocycles. The van der Waals surface area contributed by atoms with Crippen molar-refractivity contribution >= 4 is 15.9 Å². The zero-order chi connectivity index (χ0) is 14.5. The first kappa shape index (κ1) is 14.0. The first-order valence-corrected chi connectivity index (χ1v) is 7.64. The van der Waals surface area contributed by atoms with Crippen LogP contribution in [-0.4, -0.2) is 10.2 Å². The summed E-state index contributed by atoms with van der Waals surface area (Å²) in [5.74, 6) is 0. The van der Waals surface area contributed by atoms with Crippen molar-refractivity contribution in [3.63, 3.8) is 0 Å². The van der Waals surface area contributed by atoms with Crippen molar-refractivity contribution in [2.24, 2.45) is 0 Å². The maximum absolute atomic E-state index is 3.97. The molecule has 0 radical (unpaired) electrons. The average Bonchev–Trinajstić information content (AvgIpc) is 3.04. The fourth-order valence-corrected chi connectivity index (χ4v) is 2.44. The molecule has 0 aliphatic heterocycles. The number of hydrogen-bond donors (Lipinski definition) is 2. The van der Waals surface area contributed by atoms with Crippen molar-refractivity contribution in [1.29, 1.82) is 0 Å². The Hall–Kier alpha value is -1.91. The van der Waals surface area contributed by atoms with Gasteiger partial charge in [-0.05, 0) is 34.9 Å². The van der Waals surface area contributed by atoms with E-state index in [4.69, 9.17) is 0 Å². The number of nitrogens with one attached hydrogen (secondary N) is 2. The molecule has 0 bridgehead atoms. The van der Waals surface area contributed by atoms with Crippen molar-refractivity contribution < 1.29 is 0 Å². The molecule has 1 heterocycles. The van der Waals surface area contributed by atoms with Crippen LogP contribution in [0.1, 0.15) is 11.1 Å². The van der Waals surface area contributed by atoms with Gasteiger partial charge in [0.1, 0.15) is 0 Å². The van der Waals surface area contributed by atoms with E-state index in [9.17, 15) is 0 Å². The molecule has 3 rings (SSSR count). The third-order valence-corrected chi connectivity index (χ3v) is 3.87. The fourth-order valence-electron chi connectivity index (χ4n) is 2.17. The molecule has 0 saturated heterocycles. The Bertz CT molecular complexity index is 673. The zero-order valence-electron chi connectivity index (χ0n) is 11.5. The lowest BCUT2D eigenvalue weighted by Crippen LogP contribution is -2.12. The molecule has 0 amide bonds. The van der Waals surface area contributed by atoms with E-state index in [2.05, 4.69) is 80.0 Å². The van der Waals surface area contributed by atoms with E-state index < -0.39 is 0 Å². The van der Waals surface area contributed by atoms with Crippen LogP contribution < -0.4 is 5.32 Å². The van der Waals surface area contributed by atoms with E-state index in [-0.39, 0.29) is 0 Å². The molecule has 1 aromatic heterocycles. The molecule has 21 heavy (non-hydrogen) atoms. The minimum absolute atomic E-state index is 0.860. The van der Waals surface area contributed by atoms with Crippen LogP contribution >= 0.6 is 15.9 Å². The number of H-pyrrole nitrogens is 1. The first-order chi connectivity index (χ1) is 10.3. The van der Waals surface area contributed by atoms with Crippen LogP contribution in [0.2, 0.25) is 0 Å². The number of hydrogen-bond acceptors (Lipinski definition) is 2. The van der Waals surface area contributed by atoms with Gasteiger partial charge in [-0.2, -0.15) is 5.10 Å². The Balaban J connectivity index is 1.55. The highest BCUT2D eigenvalue weighted by atomic mass is 79.9. The quantitative estimate of drug-likeness (QED) is 0.732. The highest BCUT2D eigenvalue weighted by molar-refractivity contribution is 9.10. The molecule has 0 fully saturated rings. The van der Waals surface area contributed by atoms with Crippen molar-refractivity contribution in [2.45, 2.75) is 13.1 Å². The maximum Gasteiger partial charge on any atom is 0.0650 e. The lowest BCUT2D eigenvalue weighted by Gasteiger charge is -2.06. The average molecular weight is 342 g/mol. The summed E-state index contributed by atoms with van der Waals surface area (Å²) >= 11 is 3.45. The molecule has 3 nitrogen and oxygen atoms in total. The monoisotopic (exact) mass is 341 g/mol. The molecule has 4 heteroatoms. The lowest BCUT2D eigenvalue weighted by molar-refractivity contribution is 0.693. The molecule has 0 saturated carbocycles. The highest BCUT2D eigenvalue weighted by Gasteiger charge is 1.99. The van der Waals surface area contributed by atoms with E-state index in [0.29, 0.717) is 0 Å². The number of benzene rings is 2. The summed E-state index contributed by atoms with van der Waals surface area (Å²) in [7, 11) is 0. The molecule has 0 aliphatic rings. The van der Waals surface area contributed by atoms with Crippen LogP contribution in [0.3, 0.4) is 0 Å². The molecule has 3 aromatic rings. The van der Waals surface area contributed by atoms with Gasteiger partial charge in [0.2, 0.25) is 0 Å². The van der Waals surface area contributed by atoms with Crippen LogP contribution in [0, 0.1) is 0 Å². The summed E-state index contributed by atoms with van der Waals surface area (Å²) in [6, 6.07) is 18.9. The minimum Gasteiger partial charge on any atom is -0.309 e. The van der Waals surface area contributed by atoms with Gasteiger partial charge in [-0.1, -0.05) is 52.3 Å². The van der Waals surface area contributed by atoms with Gasteiger partial charge in [-0.15, -0.1) is 0 Å². The third-order valence-electron chi connectivity index (χ3n) is 3.34. The van der Waals surface area contributed by atoms with E-state index in [1.165, 1.54) is 11.1 Å². The third kappa shape index (κ3) is 3.80. The highest BCUT2D eigenvalue weighted by Crippen LogP contribution is 2.16. The molecule has 2 aromatic carbocycles. The fraction of sp³-hybridized carbons (Fsp3) is 0.118. The smallest absolute Gasteiger partial charge is 0.0650 e. The van der Waals surface area contributed by atoms with Gasteiger partial charge in [0.25, 0.3) is 0 Å². The topological polar surface area (TPSA) is 40.7 Å². The molecule has 0 atom stereocenters. The summed E-state index contributed by atoms with van der Waals surface area (Å²) in [6.07, 6.45) is 1.77. The first-order valence-electron chi connectivity index (χ1n) is 6.85. The van der Waals surface area contributed by atoms with Gasteiger partial charge >= 0.3 is 0 Å². The summed E-state index contributed by atoms with van der Waals surface area (Å²) in [6.45, 7) is 1.73. The Morgan fingerprint density at radius 3 is 2.05 bits per heavy atom. The van der Waals surface area contributed by atoms with Crippen molar-refractivity contribution in [3.8, 4) is 11.3 Å². The molecular formula is C17H16BrN3. The van der Waals surface area contributed by atoms with Crippen LogP contribution in [0.25, 0.3) is 11.3 Å². The maximum atomic E-state index is 3.97. The number of aromatic nitrogens is 2. The van der Waals surface area contributed by atoms with Gasteiger partial charge < -0.3 is 5.32 Å². The number of nitrogens with zero attached hydrogens (tertiary/aromatic N) is 1. The SMILES string of the molecule is Brc1ccc(CNCc2ccc(-c3ccn[nH]3)cc2)cc1. The standard InChI is InChI=1S/C17H16BrN3/c18-16-7-3-14(4-8-16)12-19-11-13-1-5-15(6-2-13)17-9-10-20-21-17/h1-10,19H,11-12H2,(H,20,21). The van der Waals surface area contributed by atoms with Crippen molar-refractivity contribution in [1.82, 2.24) is 15.5 Å². The normalized spacial score (nSPS) is 10.7. The van der Waals surface area contributed by atoms with Gasteiger partial charge in [-0.3, -0.25) is 5.10 Å². The summed E-state index contributed by atoms with van der Waals surface area (Å²) in [5, 5.41) is 10.4. The second kappa shape index (κ2) is 6.70. The van der Waals surface area contributed by atoms with Gasteiger partial charge in [-0.25, -0.2) is 0 Å². The summed E-state index contributed by atoms with van der Waals surface area (Å²) < 4.78 is 1.11. The van der Waals surface area contributed by atoms with E-state index in [1.54, 1.807) is 6.20 Å². The number of rotatable bonds is 5. The van der Waals surface area contributed by atoms with Gasteiger partial charge in [0, 0.05) is 23.8 Å². The summed E-state index contributed by atoms with van der Waals surface area (Å²) in [4.78, 5) is 0. The van der Waals surface area contributed by atoms with Gasteiger partial charge in [0.15, 0.2) is 0 Å². The predicted octanol–water partition coefficient (Wildman–Crippen LogP) is 4.13. The van der Waals surface area contributed by atoms with E-state index in [0.717, 1.165) is 28.8 Å². The Labute approximate surface area is 132 Å². The van der Waals surface area contributed by atoms with Crippen LogP contribution in [-0.2, 0) is 13.1 Å². The van der Waals surface area contributed by atoms with Crippen LogP contribution in [0.15, 0.2) is 65.3 Å². The molecule has 0 spiro atoms. The Morgan fingerprint density at radius 2 is 1.48 bits per heavy atom. The molecule has 106 valence electrons. The molecule has 2 N–H and O–H groups in total. The molecular weight excluding hydrogens is 326 g/mol. The number of halogens is 1. The van der Waals surface area contributed by atoms with Gasteiger partial charge in [0.05, 0.1) is 5.69 Å². The van der Waals surface area contributed by atoms with Crippen molar-refractivity contribution in [3.05, 3.63) is 76.4 Å². The zero-order valence-corrected chi connectivity index (χ0v) is 13.1. The Kier molecular flexibility index (Phi) is 4.48. The molecule has 0 unspecified atom stereocenters. The summed E-state index contributed by atoms with van der Waals surface area (Å²) in [5.41, 5.74) is 4.76. The van der Waals surface area contributed by atoms with E-state index >= 15 is 0 Å². The lowest BCUT2D eigenvalue weighted by atomic mass is 10.1. The Morgan fingerprint density at radius 1 is 0.857 bits per heavy atom. The second-order valence-corrected chi connectivity index (χ2v) is 5.81. The second-order valence-electron chi connectivity index (χ2n) is 4.90. The largest absolute Gasteiger partial charge is 0.309 e.